The number of nitrogens with one attached hydrogen (secondary N) is 1. The summed E-state index contributed by atoms with van der Waals surface area (Å²) in [5.41, 5.74) is 0.650. The largest absolute Gasteiger partial charge is 0.479 e. The second kappa shape index (κ2) is 8.05. The van der Waals surface area contributed by atoms with Crippen LogP contribution in [0.4, 0.5) is 10.1 Å². The van der Waals surface area contributed by atoms with Crippen molar-refractivity contribution in [1.29, 1.82) is 5.41 Å². The summed E-state index contributed by atoms with van der Waals surface area (Å²) in [5, 5.41) is 43.0. The van der Waals surface area contributed by atoms with Crippen LogP contribution < -0.4 is 5.32 Å². The van der Waals surface area contributed by atoms with E-state index < -0.39 is 29.0 Å². The molecule has 188 valence electrons. The molecule has 35 heavy (non-hydrogen) atoms. The number of aliphatic carboxylic acids is 1. The highest BCUT2D eigenvalue weighted by Crippen LogP contribution is 2.68. The van der Waals surface area contributed by atoms with Gasteiger partial charge < -0.3 is 20.7 Å². The standard InChI is InChI=1S/C27H34FN3O4/c1-14-8-19-18-6-4-16-9-20(31-17-5-7-22(28)30-13-17)15(12-29)10-25(16,2)23(18)21(32)11-26(19,3)27(14,35)24(33)34/h5,7,9,12-14,18-19,21,23,29,31-32,35H,4,6,8,10-11H2,1-3H3,(H,33,34)/p+1/t14-,18+,19?,21+,23?,25+,26+,27+/m1/s1. The normalized spacial score (nSPS) is 42.6. The smallest absolute Gasteiger partial charge is 0.336 e. The second-order valence-corrected chi connectivity index (χ2v) is 11.7. The molecule has 4 aliphatic rings. The molecule has 2 unspecified atom stereocenters. The van der Waals surface area contributed by atoms with Gasteiger partial charge in [0.25, 0.3) is 0 Å². The number of hydrogen-bond acceptors (Lipinski definition) is 5. The van der Waals surface area contributed by atoms with Gasteiger partial charge in [0.1, 0.15) is 5.70 Å². The SMILES string of the molecule is C[C@@H]1CC2[C@@H]3CCC4=CC([NH2+]c5ccc(F)nc5)=C(C=N)C[C@]4(C)C3[C@@H](O)C[C@]2(C)[C@@]1(O)C(=O)O. The van der Waals surface area contributed by atoms with Crippen LogP contribution in [0.25, 0.3) is 0 Å². The van der Waals surface area contributed by atoms with E-state index in [2.05, 4.69) is 18.0 Å². The van der Waals surface area contributed by atoms with E-state index in [1.807, 2.05) is 19.2 Å². The Kier molecular flexibility index (Phi) is 5.58. The summed E-state index contributed by atoms with van der Waals surface area (Å²) >= 11 is 0. The average Bonchev–Trinajstić information content (AvgIpc) is 3.01. The number of nitrogens with two attached hydrogens (primary N) is 1. The Labute approximate surface area is 204 Å². The number of halogens is 1. The van der Waals surface area contributed by atoms with Crippen molar-refractivity contribution in [3.63, 3.8) is 0 Å². The number of carboxylic acid groups (broad SMARTS) is 1. The third kappa shape index (κ3) is 3.29. The molecule has 8 heteroatoms. The highest BCUT2D eigenvalue weighted by Gasteiger charge is 2.71. The van der Waals surface area contributed by atoms with Gasteiger partial charge in [0.05, 0.1) is 12.3 Å². The number of nitrogens with zero attached hydrogens (tertiary/aromatic N) is 1. The Morgan fingerprint density at radius 2 is 2.09 bits per heavy atom. The zero-order chi connectivity index (χ0) is 25.3. The Morgan fingerprint density at radius 1 is 1.34 bits per heavy atom. The van der Waals surface area contributed by atoms with Crippen LogP contribution in [0.15, 0.2) is 41.2 Å². The minimum atomic E-state index is -1.85. The van der Waals surface area contributed by atoms with E-state index in [1.54, 1.807) is 6.07 Å². The summed E-state index contributed by atoms with van der Waals surface area (Å²) in [6, 6.07) is 2.98. The topological polar surface area (TPSA) is 131 Å². The van der Waals surface area contributed by atoms with Crippen LogP contribution in [0.3, 0.4) is 0 Å². The summed E-state index contributed by atoms with van der Waals surface area (Å²) in [6.45, 7) is 5.84. The summed E-state index contributed by atoms with van der Waals surface area (Å²) < 4.78 is 13.3. The number of rotatable bonds is 4. The lowest BCUT2D eigenvalue weighted by atomic mass is 9.45. The maximum atomic E-state index is 13.3. The van der Waals surface area contributed by atoms with Crippen molar-refractivity contribution in [2.24, 2.45) is 34.5 Å². The third-order valence-electron chi connectivity index (χ3n) is 10.1. The highest BCUT2D eigenvalue weighted by atomic mass is 19.1. The van der Waals surface area contributed by atoms with E-state index >= 15 is 0 Å². The molecule has 1 heterocycles. The fourth-order valence-electron chi connectivity index (χ4n) is 8.43. The maximum absolute atomic E-state index is 13.3. The zero-order valence-electron chi connectivity index (χ0n) is 20.5. The monoisotopic (exact) mass is 484 g/mol. The van der Waals surface area contributed by atoms with Crippen molar-refractivity contribution in [2.45, 2.75) is 64.6 Å². The van der Waals surface area contributed by atoms with Gasteiger partial charge in [0.2, 0.25) is 5.95 Å². The second-order valence-electron chi connectivity index (χ2n) is 11.7. The predicted octanol–water partition coefficient (Wildman–Crippen LogP) is 2.92. The number of fused-ring (bicyclic) bond motifs is 5. The van der Waals surface area contributed by atoms with Crippen molar-refractivity contribution < 1.29 is 29.8 Å². The summed E-state index contributed by atoms with van der Waals surface area (Å²) in [7, 11) is 0. The van der Waals surface area contributed by atoms with Crippen molar-refractivity contribution >= 4 is 17.9 Å². The molecule has 0 saturated heterocycles. The third-order valence-corrected chi connectivity index (χ3v) is 10.1. The molecule has 4 aliphatic carbocycles. The number of aromatic nitrogens is 1. The van der Waals surface area contributed by atoms with Crippen LogP contribution in [0.2, 0.25) is 0 Å². The fourth-order valence-corrected chi connectivity index (χ4v) is 8.43. The molecule has 8 atom stereocenters. The minimum Gasteiger partial charge on any atom is -0.479 e. The summed E-state index contributed by atoms with van der Waals surface area (Å²) in [5.74, 6) is -2.08. The van der Waals surface area contributed by atoms with Crippen molar-refractivity contribution in [1.82, 2.24) is 4.98 Å². The Hall–Kier alpha value is -2.42. The van der Waals surface area contributed by atoms with Crippen molar-refractivity contribution in [3.8, 4) is 0 Å². The Balaban J connectivity index is 1.49. The highest BCUT2D eigenvalue weighted by molar-refractivity contribution is 5.80. The van der Waals surface area contributed by atoms with Gasteiger partial charge in [-0.05, 0) is 73.3 Å². The van der Waals surface area contributed by atoms with E-state index in [4.69, 9.17) is 5.41 Å². The Bertz CT molecular complexity index is 1130. The van der Waals surface area contributed by atoms with Gasteiger partial charge in [-0.3, -0.25) is 5.32 Å². The first-order valence-corrected chi connectivity index (χ1v) is 12.5. The van der Waals surface area contributed by atoms with Gasteiger partial charge in [0.15, 0.2) is 11.3 Å². The number of aliphatic hydroxyl groups is 2. The molecule has 0 radical (unpaired) electrons. The molecule has 0 spiro atoms. The first-order valence-electron chi connectivity index (χ1n) is 12.5. The van der Waals surface area contributed by atoms with E-state index in [9.17, 15) is 24.5 Å². The number of aliphatic hydroxyl groups excluding tert-OH is 1. The number of allylic oxidation sites excluding steroid dienone is 3. The molecular weight excluding hydrogens is 449 g/mol. The Morgan fingerprint density at radius 3 is 2.71 bits per heavy atom. The minimum absolute atomic E-state index is 0.0102. The molecule has 6 N–H and O–H groups in total. The van der Waals surface area contributed by atoms with Crippen molar-refractivity contribution in [2.75, 3.05) is 0 Å². The molecule has 0 aliphatic heterocycles. The molecule has 3 fully saturated rings. The van der Waals surface area contributed by atoms with Gasteiger partial charge in [-0.25, -0.2) is 9.78 Å². The van der Waals surface area contributed by atoms with Gasteiger partial charge in [-0.1, -0.05) is 26.3 Å². The molecule has 5 rings (SSSR count). The fraction of sp³-hybridized carbons (Fsp3) is 0.593. The molecule has 1 aromatic heterocycles. The van der Waals surface area contributed by atoms with E-state index in [1.165, 1.54) is 24.1 Å². The van der Waals surface area contributed by atoms with Crippen LogP contribution in [0, 0.1) is 45.9 Å². The molecular formula is C27H35FN3O4+. The van der Waals surface area contributed by atoms with Gasteiger partial charge in [0, 0.05) is 23.3 Å². The maximum Gasteiger partial charge on any atom is 0.336 e. The van der Waals surface area contributed by atoms with Crippen LogP contribution in [-0.2, 0) is 4.79 Å². The van der Waals surface area contributed by atoms with E-state index in [0.29, 0.717) is 12.8 Å². The lowest BCUT2D eigenvalue weighted by molar-refractivity contribution is -0.513. The molecule has 7 nitrogen and oxygen atoms in total. The number of carboxylic acids is 1. The zero-order valence-corrected chi connectivity index (χ0v) is 20.5. The number of carbonyl (C=O) groups is 1. The number of quaternary nitrogens is 1. The van der Waals surface area contributed by atoms with Crippen molar-refractivity contribution in [3.05, 3.63) is 47.2 Å². The molecule has 3 saturated carbocycles. The average molecular weight is 485 g/mol. The van der Waals surface area contributed by atoms with Crippen LogP contribution >= 0.6 is 0 Å². The number of hydrogen-bond donors (Lipinski definition) is 5. The van der Waals surface area contributed by atoms with E-state index in [0.717, 1.165) is 29.8 Å². The number of pyridine rings is 1. The van der Waals surface area contributed by atoms with Gasteiger partial charge >= 0.3 is 5.97 Å². The van der Waals surface area contributed by atoms with E-state index in [-0.39, 0.29) is 35.5 Å². The molecule has 0 bridgehead atoms. The quantitative estimate of drug-likeness (QED) is 0.331. The summed E-state index contributed by atoms with van der Waals surface area (Å²) in [4.78, 5) is 16.0. The lowest BCUT2D eigenvalue weighted by Gasteiger charge is -2.60. The first kappa shape index (κ1) is 24.3. The molecule has 0 aromatic carbocycles. The summed E-state index contributed by atoms with van der Waals surface area (Å²) in [6.07, 6.45) is 7.35. The lowest BCUT2D eigenvalue weighted by Crippen LogP contribution is -2.76. The van der Waals surface area contributed by atoms with Gasteiger partial charge in [-0.2, -0.15) is 4.39 Å². The first-order chi connectivity index (χ1) is 16.5. The van der Waals surface area contributed by atoms with Gasteiger partial charge in [-0.15, -0.1) is 0 Å². The van der Waals surface area contributed by atoms with Crippen LogP contribution in [0.1, 0.15) is 52.9 Å². The van der Waals surface area contributed by atoms with Crippen LogP contribution in [0.5, 0.6) is 0 Å². The molecule has 1 aromatic rings. The predicted molar refractivity (Wildman–Crippen MR) is 127 cm³/mol. The van der Waals surface area contributed by atoms with Crippen LogP contribution in [-0.4, -0.2) is 44.2 Å². The molecule has 0 amide bonds.